The van der Waals surface area contributed by atoms with Crippen LogP contribution in [0, 0.1) is 0 Å². The summed E-state index contributed by atoms with van der Waals surface area (Å²) in [5, 5.41) is 22.7. The molecule has 3 N–H and O–H groups in total. The molecule has 4 nitrogen and oxygen atoms in total. The molecule has 0 aliphatic heterocycles. The van der Waals surface area contributed by atoms with Gasteiger partial charge in [-0.2, -0.15) is 0 Å². The van der Waals surface area contributed by atoms with Gasteiger partial charge in [-0.3, -0.25) is 0 Å². The van der Waals surface area contributed by atoms with Crippen molar-refractivity contribution in [3.63, 3.8) is 0 Å². The summed E-state index contributed by atoms with van der Waals surface area (Å²) in [6.45, 7) is 5.79. The van der Waals surface area contributed by atoms with Gasteiger partial charge < -0.3 is 15.3 Å². The molecule has 5 heteroatoms. The predicted molar refractivity (Wildman–Crippen MR) is 76.7 cm³/mol. The van der Waals surface area contributed by atoms with Crippen molar-refractivity contribution in [1.82, 2.24) is 0 Å². The Kier molecular flexibility index (Phi) is 27.3. The van der Waals surface area contributed by atoms with Crippen molar-refractivity contribution in [2.24, 2.45) is 0 Å². The summed E-state index contributed by atoms with van der Waals surface area (Å²) in [5.74, 6) is 0.917. The van der Waals surface area contributed by atoms with Gasteiger partial charge in [0.2, 0.25) is 0 Å². The van der Waals surface area contributed by atoms with E-state index in [0.29, 0.717) is 0 Å². The van der Waals surface area contributed by atoms with Crippen LogP contribution in [0.4, 0.5) is 0 Å². The van der Waals surface area contributed by atoms with Crippen molar-refractivity contribution < 1.29 is 20.1 Å². The average Bonchev–Trinajstić information content (AvgIpc) is 2.33. The van der Waals surface area contributed by atoms with E-state index < -0.39 is 0 Å². The Morgan fingerprint density at radius 1 is 0.889 bits per heavy atom. The number of methoxy groups -OCH3 is 1. The third-order valence-electron chi connectivity index (χ3n) is 1.09. The summed E-state index contributed by atoms with van der Waals surface area (Å²) in [7, 11) is 1.67. The van der Waals surface area contributed by atoms with E-state index in [-0.39, 0.29) is 19.8 Å². The van der Waals surface area contributed by atoms with Crippen LogP contribution in [0.2, 0.25) is 0 Å². The van der Waals surface area contributed by atoms with Gasteiger partial charge in [0, 0.05) is 19.8 Å². The van der Waals surface area contributed by atoms with E-state index in [4.69, 9.17) is 20.1 Å². The third kappa shape index (κ3) is 24.6. The van der Waals surface area contributed by atoms with Crippen LogP contribution in [0.3, 0.4) is 0 Å². The van der Waals surface area contributed by atoms with Crippen LogP contribution in [0.1, 0.15) is 20.8 Å². The number of aliphatic hydroxyl groups excluding tert-OH is 3. The number of aliphatic hydroxyl groups is 3. The summed E-state index contributed by atoms with van der Waals surface area (Å²) in [4.78, 5) is 0. The fourth-order valence-corrected chi connectivity index (χ4v) is 0.941. The normalized spacial score (nSPS) is 7.56. The van der Waals surface area contributed by atoms with Gasteiger partial charge in [-0.25, -0.2) is 0 Å². The number of hydrogen-bond donors (Lipinski definition) is 3. The molecule has 3 radical (unpaired) electrons. The van der Waals surface area contributed by atoms with Crippen molar-refractivity contribution in [1.29, 1.82) is 0 Å². The average molecular weight is 318 g/mol. The van der Waals surface area contributed by atoms with Crippen LogP contribution < -0.4 is 9.13 Å². The van der Waals surface area contributed by atoms with E-state index in [0.717, 1.165) is 5.75 Å². The molecule has 1 aromatic rings. The minimum absolute atomic E-state index is 0.250. The van der Waals surface area contributed by atoms with E-state index >= 15 is 0 Å². The predicted octanol–water partition coefficient (Wildman–Crippen LogP) is 0.485. The first kappa shape index (κ1) is 22.6. The van der Waals surface area contributed by atoms with E-state index in [1.165, 1.54) is 4.40 Å². The van der Waals surface area contributed by atoms with Crippen LogP contribution >= 0.6 is 0 Å². The van der Waals surface area contributed by atoms with Gasteiger partial charge in [0.05, 0.1) is 0 Å². The first-order valence-electron chi connectivity index (χ1n) is 5.75. The molecule has 0 fully saturated rings. The van der Waals surface area contributed by atoms with Gasteiger partial charge in [-0.1, -0.05) is 0 Å². The Hall–Kier alpha value is -0.557. The topological polar surface area (TPSA) is 69.9 Å². The fourth-order valence-electron chi connectivity index (χ4n) is 0.591. The summed E-state index contributed by atoms with van der Waals surface area (Å²) in [5.41, 5.74) is 0. The van der Waals surface area contributed by atoms with Gasteiger partial charge in [-0.15, -0.1) is 0 Å². The SMILES string of the molecule is CCO.CCO.CCO.COc1cc[c]([Ge])cc1. The van der Waals surface area contributed by atoms with Gasteiger partial charge >= 0.3 is 62.8 Å². The Morgan fingerprint density at radius 2 is 1.17 bits per heavy atom. The number of hydrogen-bond acceptors (Lipinski definition) is 4. The molecule has 0 aliphatic rings. The van der Waals surface area contributed by atoms with Crippen LogP contribution in [0.15, 0.2) is 24.3 Å². The van der Waals surface area contributed by atoms with Crippen LogP contribution in [-0.4, -0.2) is 58.8 Å². The zero-order valence-corrected chi connectivity index (χ0v) is 13.8. The molecule has 0 atom stereocenters. The standard InChI is InChI=1S/C7H7GeO.3C2H6O/c1-9-7-4-2-6(8)3-5-7;3*1-2-3/h2-5H,1H3;3*3H,2H2,1H3. The molecule has 0 unspecified atom stereocenters. The maximum absolute atomic E-state index is 7.57. The first-order valence-corrected chi connectivity index (χ1v) is 6.80. The second kappa shape index (κ2) is 21.7. The zero-order valence-electron chi connectivity index (χ0n) is 11.7. The molecular weight excluding hydrogens is 293 g/mol. The van der Waals surface area contributed by atoms with Gasteiger partial charge in [-0.05, 0) is 20.8 Å². The first-order chi connectivity index (χ1) is 8.57. The van der Waals surface area contributed by atoms with Crippen molar-refractivity contribution in [3.8, 4) is 5.75 Å². The van der Waals surface area contributed by atoms with Crippen molar-refractivity contribution in [2.75, 3.05) is 26.9 Å². The van der Waals surface area contributed by atoms with Crippen LogP contribution in [0.25, 0.3) is 0 Å². The Bertz CT molecular complexity index is 222. The summed E-state index contributed by atoms with van der Waals surface area (Å²) in [6, 6.07) is 7.96. The van der Waals surface area contributed by atoms with Gasteiger partial charge in [0.1, 0.15) is 0 Å². The van der Waals surface area contributed by atoms with E-state index in [9.17, 15) is 0 Å². The second-order valence-corrected chi connectivity index (χ2v) is 3.89. The summed E-state index contributed by atoms with van der Waals surface area (Å²) in [6.07, 6.45) is 0. The molecule has 0 bridgehead atoms. The van der Waals surface area contributed by atoms with E-state index in [1.807, 2.05) is 24.3 Å². The molecular formula is C13H25GeO4. The quantitative estimate of drug-likeness (QED) is 0.659. The molecule has 0 aromatic heterocycles. The van der Waals surface area contributed by atoms with Crippen molar-refractivity contribution in [3.05, 3.63) is 24.3 Å². The molecule has 0 heterocycles. The number of benzene rings is 1. The molecule has 0 spiro atoms. The monoisotopic (exact) mass is 319 g/mol. The second-order valence-electron chi connectivity index (χ2n) is 2.68. The van der Waals surface area contributed by atoms with Crippen LogP contribution in [0.5, 0.6) is 5.75 Å². The molecule has 1 aromatic carbocycles. The fraction of sp³-hybridized carbons (Fsp3) is 0.538. The molecule has 0 saturated carbocycles. The molecule has 0 saturated heterocycles. The Balaban J connectivity index is -0.000000210. The minimum atomic E-state index is 0.250. The molecule has 0 amide bonds. The van der Waals surface area contributed by atoms with Crippen molar-refractivity contribution >= 4 is 20.9 Å². The zero-order chi connectivity index (χ0) is 14.8. The maximum atomic E-state index is 7.57. The van der Waals surface area contributed by atoms with Gasteiger partial charge in [0.25, 0.3) is 0 Å². The summed E-state index contributed by atoms with van der Waals surface area (Å²) >= 11 is 2.06. The number of rotatable bonds is 1. The third-order valence-corrected chi connectivity index (χ3v) is 1.79. The van der Waals surface area contributed by atoms with E-state index in [2.05, 4.69) is 16.5 Å². The van der Waals surface area contributed by atoms with Gasteiger partial charge in [0.15, 0.2) is 0 Å². The number of ether oxygens (including phenoxy) is 1. The molecule has 1 rings (SSSR count). The molecule has 0 aliphatic carbocycles. The van der Waals surface area contributed by atoms with E-state index in [1.54, 1.807) is 27.9 Å². The van der Waals surface area contributed by atoms with Crippen molar-refractivity contribution in [2.45, 2.75) is 20.8 Å². The molecule has 18 heavy (non-hydrogen) atoms. The summed E-state index contributed by atoms with van der Waals surface area (Å²) < 4.78 is 6.23. The van der Waals surface area contributed by atoms with Crippen LogP contribution in [-0.2, 0) is 0 Å². The Labute approximate surface area is 119 Å². The molecule has 105 valence electrons. The Morgan fingerprint density at radius 3 is 1.39 bits per heavy atom.